The van der Waals surface area contributed by atoms with Gasteiger partial charge in [-0.3, -0.25) is 0 Å². The van der Waals surface area contributed by atoms with Gasteiger partial charge in [0.1, 0.15) is 0 Å². The molecule has 0 atom stereocenters. The molecule has 0 unspecified atom stereocenters. The first-order valence-corrected chi connectivity index (χ1v) is 4.23. The molecule has 1 heteroatoms. The Morgan fingerprint density at radius 3 is 2.73 bits per heavy atom. The summed E-state index contributed by atoms with van der Waals surface area (Å²) in [5.41, 5.74) is 1.20. The lowest BCUT2D eigenvalue weighted by Gasteiger charge is -2.03. The van der Waals surface area contributed by atoms with Crippen molar-refractivity contribution in [3.8, 4) is 0 Å². The molecule has 0 aliphatic carbocycles. The first-order valence-electron chi connectivity index (χ1n) is 3.85. The van der Waals surface area contributed by atoms with Crippen LogP contribution in [0.25, 0.3) is 0 Å². The maximum absolute atomic E-state index is 5.77. The van der Waals surface area contributed by atoms with Crippen LogP contribution in [0.1, 0.15) is 19.4 Å². The Hall–Kier alpha value is -0.490. The van der Waals surface area contributed by atoms with E-state index in [4.69, 9.17) is 11.6 Å². The van der Waals surface area contributed by atoms with Crippen LogP contribution in [0.4, 0.5) is 0 Å². The molecule has 0 heterocycles. The van der Waals surface area contributed by atoms with Crippen molar-refractivity contribution in [1.29, 1.82) is 0 Å². The van der Waals surface area contributed by atoms with Crippen molar-refractivity contribution in [3.05, 3.63) is 34.9 Å². The van der Waals surface area contributed by atoms with Crippen molar-refractivity contribution < 1.29 is 0 Å². The zero-order valence-electron chi connectivity index (χ0n) is 6.89. The fourth-order valence-corrected chi connectivity index (χ4v) is 1.24. The average molecular weight is 168 g/mol. The van der Waals surface area contributed by atoms with Crippen LogP contribution in [0, 0.1) is 12.0 Å². The van der Waals surface area contributed by atoms with Gasteiger partial charge in [0.2, 0.25) is 0 Å². The minimum Gasteiger partial charge on any atom is -0.0837 e. The van der Waals surface area contributed by atoms with Crippen molar-refractivity contribution >= 4 is 11.6 Å². The fraction of sp³-hybridized carbons (Fsp3) is 0.400. The lowest BCUT2D eigenvalue weighted by molar-refractivity contribution is 0.647. The quantitative estimate of drug-likeness (QED) is 0.634. The molecule has 0 amide bonds. The van der Waals surface area contributed by atoms with Gasteiger partial charge in [0, 0.05) is 11.1 Å². The van der Waals surface area contributed by atoms with Crippen LogP contribution >= 0.6 is 11.6 Å². The fourth-order valence-electron chi connectivity index (χ4n) is 1.04. The maximum atomic E-state index is 5.77. The van der Waals surface area contributed by atoms with Gasteiger partial charge in [0.15, 0.2) is 0 Å². The molecule has 0 saturated carbocycles. The molecule has 0 fully saturated rings. The van der Waals surface area contributed by atoms with Gasteiger partial charge in [-0.1, -0.05) is 37.6 Å². The van der Waals surface area contributed by atoms with Gasteiger partial charge in [-0.15, -0.1) is 0 Å². The Labute approximate surface area is 73.2 Å². The van der Waals surface area contributed by atoms with E-state index in [2.05, 4.69) is 26.0 Å². The Morgan fingerprint density at radius 2 is 2.18 bits per heavy atom. The molecule has 59 valence electrons. The van der Waals surface area contributed by atoms with Crippen LogP contribution in [0.3, 0.4) is 0 Å². The zero-order chi connectivity index (χ0) is 8.27. The Morgan fingerprint density at radius 1 is 1.45 bits per heavy atom. The SMILES string of the molecule is CC(C)Cc1[c]c(Cl)ccc1. The Kier molecular flexibility index (Phi) is 2.95. The van der Waals surface area contributed by atoms with Gasteiger partial charge in [0.05, 0.1) is 0 Å². The predicted molar refractivity (Wildman–Crippen MR) is 48.8 cm³/mol. The molecule has 11 heavy (non-hydrogen) atoms. The third kappa shape index (κ3) is 2.94. The summed E-state index contributed by atoms with van der Waals surface area (Å²) in [4.78, 5) is 0. The molecule has 0 bridgehead atoms. The smallest absolute Gasteiger partial charge is 0.0487 e. The molecule has 0 nitrogen and oxygen atoms in total. The van der Waals surface area contributed by atoms with Crippen LogP contribution in [0.2, 0.25) is 5.02 Å². The molecule has 0 aliphatic rings. The molecular weight excluding hydrogens is 156 g/mol. The second-order valence-electron chi connectivity index (χ2n) is 3.12. The van der Waals surface area contributed by atoms with Gasteiger partial charge in [-0.2, -0.15) is 0 Å². The van der Waals surface area contributed by atoms with E-state index in [9.17, 15) is 0 Å². The number of hydrogen-bond acceptors (Lipinski definition) is 0. The van der Waals surface area contributed by atoms with E-state index < -0.39 is 0 Å². The third-order valence-corrected chi connectivity index (χ3v) is 1.67. The molecule has 0 spiro atoms. The topological polar surface area (TPSA) is 0 Å². The number of rotatable bonds is 2. The molecule has 1 rings (SSSR count). The zero-order valence-corrected chi connectivity index (χ0v) is 7.65. The van der Waals surface area contributed by atoms with Crippen molar-refractivity contribution in [1.82, 2.24) is 0 Å². The second kappa shape index (κ2) is 3.77. The summed E-state index contributed by atoms with van der Waals surface area (Å²) in [7, 11) is 0. The van der Waals surface area contributed by atoms with Gasteiger partial charge in [0.25, 0.3) is 0 Å². The highest BCUT2D eigenvalue weighted by molar-refractivity contribution is 6.30. The monoisotopic (exact) mass is 167 g/mol. The average Bonchev–Trinajstić information content (AvgIpc) is 1.85. The maximum Gasteiger partial charge on any atom is 0.0487 e. The third-order valence-electron chi connectivity index (χ3n) is 1.45. The van der Waals surface area contributed by atoms with Crippen LogP contribution in [0.15, 0.2) is 18.2 Å². The van der Waals surface area contributed by atoms with Crippen molar-refractivity contribution in [2.75, 3.05) is 0 Å². The summed E-state index contributed by atoms with van der Waals surface area (Å²) in [6.07, 6.45) is 1.06. The summed E-state index contributed by atoms with van der Waals surface area (Å²) in [6.45, 7) is 4.38. The molecule has 1 aromatic carbocycles. The second-order valence-corrected chi connectivity index (χ2v) is 3.53. The van der Waals surface area contributed by atoms with Gasteiger partial charge in [-0.25, -0.2) is 0 Å². The highest BCUT2D eigenvalue weighted by Crippen LogP contribution is 2.12. The van der Waals surface area contributed by atoms with Gasteiger partial charge < -0.3 is 0 Å². The van der Waals surface area contributed by atoms with Crippen molar-refractivity contribution in [2.45, 2.75) is 20.3 Å². The van der Waals surface area contributed by atoms with E-state index in [1.165, 1.54) is 5.56 Å². The lowest BCUT2D eigenvalue weighted by atomic mass is 10.0. The summed E-state index contributed by atoms with van der Waals surface area (Å²) >= 11 is 5.77. The minimum absolute atomic E-state index is 0.671. The summed E-state index contributed by atoms with van der Waals surface area (Å²) in [5, 5.41) is 0.711. The van der Waals surface area contributed by atoms with Crippen LogP contribution < -0.4 is 0 Å². The van der Waals surface area contributed by atoms with E-state index in [1.807, 2.05) is 12.1 Å². The van der Waals surface area contributed by atoms with Crippen LogP contribution in [-0.2, 0) is 6.42 Å². The molecule has 1 aromatic rings. The van der Waals surface area contributed by atoms with Crippen LogP contribution in [-0.4, -0.2) is 0 Å². The van der Waals surface area contributed by atoms with Gasteiger partial charge in [-0.05, 0) is 24.0 Å². The largest absolute Gasteiger partial charge is 0.0837 e. The van der Waals surface area contributed by atoms with E-state index in [0.717, 1.165) is 6.42 Å². The number of hydrogen-bond donors (Lipinski definition) is 0. The Bertz CT molecular complexity index is 228. The first-order chi connectivity index (χ1) is 5.18. The van der Waals surface area contributed by atoms with E-state index in [1.54, 1.807) is 0 Å². The van der Waals surface area contributed by atoms with E-state index in [-0.39, 0.29) is 0 Å². The number of halogens is 1. The number of benzene rings is 1. The van der Waals surface area contributed by atoms with Crippen LogP contribution in [0.5, 0.6) is 0 Å². The molecular formula is C10H12Cl. The van der Waals surface area contributed by atoms with E-state index in [0.29, 0.717) is 10.9 Å². The molecule has 0 aliphatic heterocycles. The predicted octanol–water partition coefficient (Wildman–Crippen LogP) is 3.34. The first kappa shape index (κ1) is 8.61. The highest BCUT2D eigenvalue weighted by Gasteiger charge is 1.97. The summed E-state index contributed by atoms with van der Waals surface area (Å²) in [6, 6.07) is 8.99. The molecule has 1 radical (unpaired) electrons. The normalized spacial score (nSPS) is 10.5. The summed E-state index contributed by atoms with van der Waals surface area (Å²) < 4.78 is 0. The van der Waals surface area contributed by atoms with Gasteiger partial charge >= 0.3 is 0 Å². The lowest BCUT2D eigenvalue weighted by Crippen LogP contribution is -1.93. The molecule has 0 aromatic heterocycles. The van der Waals surface area contributed by atoms with E-state index >= 15 is 0 Å². The Balaban J connectivity index is 2.71. The summed E-state index contributed by atoms with van der Waals surface area (Å²) in [5.74, 6) is 0.671. The molecule has 0 N–H and O–H groups in total. The minimum atomic E-state index is 0.671. The molecule has 0 saturated heterocycles. The standard InChI is InChI=1S/C10H12Cl/c1-8(2)6-9-4-3-5-10(11)7-9/h3-5,8H,6H2,1-2H3. The van der Waals surface area contributed by atoms with Crippen molar-refractivity contribution in [3.63, 3.8) is 0 Å². The van der Waals surface area contributed by atoms with Crippen molar-refractivity contribution in [2.24, 2.45) is 5.92 Å². The highest BCUT2D eigenvalue weighted by atomic mass is 35.5.